The highest BCUT2D eigenvalue weighted by molar-refractivity contribution is 4.50. The van der Waals surface area contributed by atoms with E-state index in [0.717, 1.165) is 25.9 Å². The first-order valence-electron chi connectivity index (χ1n) is 4.69. The van der Waals surface area contributed by atoms with Crippen molar-refractivity contribution >= 4 is 0 Å². The average molecular weight is 162 g/mol. The fraction of sp³-hybridized carbons (Fsp3) is 1.00. The maximum absolute atomic E-state index is 8.69. The highest BCUT2D eigenvalue weighted by atomic mass is 16.6. The minimum Gasteiger partial charge on any atom is -0.368 e. The van der Waals surface area contributed by atoms with Crippen molar-refractivity contribution in [2.24, 2.45) is 0 Å². The molecular weight excluding hydrogens is 140 g/mol. The minimum atomic E-state index is -0.464. The van der Waals surface area contributed by atoms with Crippen LogP contribution < -0.4 is 0 Å². The number of hydrogen-bond acceptors (Lipinski definition) is 2. The van der Waals surface area contributed by atoms with Gasteiger partial charge in [0.2, 0.25) is 0 Å². The summed E-state index contributed by atoms with van der Waals surface area (Å²) in [5.41, 5.74) is 0. The van der Waals surface area contributed by atoms with Gasteiger partial charge in [-0.1, -0.05) is 27.7 Å². The Labute approximate surface area is 70.6 Å². The highest BCUT2D eigenvalue weighted by Gasteiger charge is 2.07. The van der Waals surface area contributed by atoms with Crippen LogP contribution >= 0.6 is 0 Å². The molecule has 0 aromatic carbocycles. The van der Waals surface area contributed by atoms with Gasteiger partial charge >= 0.3 is 0 Å². The number of hydrogen-bond donors (Lipinski definition) is 1. The van der Waals surface area contributed by atoms with Crippen LogP contribution in [0.15, 0.2) is 0 Å². The SMILES string of the molecule is CC.CC.O[C@H]1CCCCO1. The molecule has 1 N–H and O–H groups in total. The Kier molecular flexibility index (Phi) is 15.4. The van der Waals surface area contributed by atoms with Gasteiger partial charge in [0.25, 0.3) is 0 Å². The molecule has 70 valence electrons. The first-order valence-corrected chi connectivity index (χ1v) is 4.69. The van der Waals surface area contributed by atoms with Gasteiger partial charge in [0.05, 0.1) is 0 Å². The van der Waals surface area contributed by atoms with E-state index >= 15 is 0 Å². The molecule has 1 heterocycles. The normalized spacial score (nSPS) is 22.1. The highest BCUT2D eigenvalue weighted by Crippen LogP contribution is 2.08. The van der Waals surface area contributed by atoms with Gasteiger partial charge in [-0.2, -0.15) is 0 Å². The van der Waals surface area contributed by atoms with E-state index in [9.17, 15) is 0 Å². The quantitative estimate of drug-likeness (QED) is 0.593. The molecule has 0 saturated carbocycles. The molecule has 2 heteroatoms. The molecule has 0 unspecified atom stereocenters. The lowest BCUT2D eigenvalue weighted by atomic mass is 10.2. The number of aliphatic hydroxyl groups is 1. The van der Waals surface area contributed by atoms with Gasteiger partial charge in [0.1, 0.15) is 0 Å². The van der Waals surface area contributed by atoms with Crippen LogP contribution in [-0.4, -0.2) is 18.0 Å². The molecule has 1 aliphatic heterocycles. The Balaban J connectivity index is 0. The molecule has 2 nitrogen and oxygen atoms in total. The monoisotopic (exact) mass is 162 g/mol. The lowest BCUT2D eigenvalue weighted by Gasteiger charge is -2.16. The van der Waals surface area contributed by atoms with Crippen LogP contribution in [0.5, 0.6) is 0 Å². The van der Waals surface area contributed by atoms with Gasteiger partial charge in [-0.3, -0.25) is 0 Å². The first-order chi connectivity index (χ1) is 5.39. The summed E-state index contributed by atoms with van der Waals surface area (Å²) >= 11 is 0. The van der Waals surface area contributed by atoms with Crippen LogP contribution in [0.1, 0.15) is 47.0 Å². The van der Waals surface area contributed by atoms with Crippen LogP contribution in [0, 0.1) is 0 Å². The number of rotatable bonds is 0. The lowest BCUT2D eigenvalue weighted by molar-refractivity contribution is -0.123. The zero-order valence-electron chi connectivity index (χ0n) is 8.26. The summed E-state index contributed by atoms with van der Waals surface area (Å²) in [7, 11) is 0. The molecule has 1 fully saturated rings. The first kappa shape index (κ1) is 13.5. The lowest BCUT2D eigenvalue weighted by Crippen LogP contribution is -2.17. The van der Waals surface area contributed by atoms with Crippen molar-refractivity contribution < 1.29 is 9.84 Å². The molecule has 0 radical (unpaired) electrons. The average Bonchev–Trinajstić information content (AvgIpc) is 2.13. The Morgan fingerprint density at radius 1 is 1.09 bits per heavy atom. The second-order valence-electron chi connectivity index (χ2n) is 1.82. The zero-order chi connectivity index (χ0) is 9.11. The second kappa shape index (κ2) is 12.6. The minimum absolute atomic E-state index is 0.464. The van der Waals surface area contributed by atoms with Crippen molar-refractivity contribution in [2.45, 2.75) is 53.2 Å². The van der Waals surface area contributed by atoms with Crippen molar-refractivity contribution in [3.8, 4) is 0 Å². The van der Waals surface area contributed by atoms with Crippen LogP contribution in [0.3, 0.4) is 0 Å². The third-order valence-corrected chi connectivity index (χ3v) is 1.16. The Hall–Kier alpha value is -0.0800. The van der Waals surface area contributed by atoms with Gasteiger partial charge in [-0.15, -0.1) is 0 Å². The largest absolute Gasteiger partial charge is 0.368 e. The van der Waals surface area contributed by atoms with Gasteiger partial charge in [-0.25, -0.2) is 0 Å². The Morgan fingerprint density at radius 3 is 1.82 bits per heavy atom. The maximum Gasteiger partial charge on any atom is 0.154 e. The smallest absolute Gasteiger partial charge is 0.154 e. The summed E-state index contributed by atoms with van der Waals surface area (Å²) in [6, 6.07) is 0. The third kappa shape index (κ3) is 9.92. The van der Waals surface area contributed by atoms with Crippen LogP contribution in [-0.2, 0) is 4.74 Å². The Morgan fingerprint density at radius 2 is 1.64 bits per heavy atom. The predicted molar refractivity (Wildman–Crippen MR) is 48.5 cm³/mol. The van der Waals surface area contributed by atoms with Crippen molar-refractivity contribution in [3.63, 3.8) is 0 Å². The molecule has 0 aliphatic carbocycles. The van der Waals surface area contributed by atoms with Crippen molar-refractivity contribution in [1.29, 1.82) is 0 Å². The van der Waals surface area contributed by atoms with E-state index in [0.29, 0.717) is 0 Å². The summed E-state index contributed by atoms with van der Waals surface area (Å²) in [4.78, 5) is 0. The summed E-state index contributed by atoms with van der Waals surface area (Å²) in [5, 5.41) is 8.69. The topological polar surface area (TPSA) is 29.5 Å². The van der Waals surface area contributed by atoms with Crippen LogP contribution in [0.25, 0.3) is 0 Å². The molecule has 0 amide bonds. The summed E-state index contributed by atoms with van der Waals surface area (Å²) < 4.78 is 4.83. The molecule has 0 bridgehead atoms. The fourth-order valence-electron chi connectivity index (χ4n) is 0.724. The van der Waals surface area contributed by atoms with Gasteiger partial charge in [0.15, 0.2) is 6.29 Å². The van der Waals surface area contributed by atoms with Gasteiger partial charge in [-0.05, 0) is 19.3 Å². The molecular formula is C9H22O2. The van der Waals surface area contributed by atoms with E-state index in [1.54, 1.807) is 0 Å². The molecule has 1 atom stereocenters. The Bertz CT molecular complexity index is 49.5. The fourth-order valence-corrected chi connectivity index (χ4v) is 0.724. The molecule has 0 spiro atoms. The van der Waals surface area contributed by atoms with E-state index in [4.69, 9.17) is 9.84 Å². The van der Waals surface area contributed by atoms with Crippen molar-refractivity contribution in [3.05, 3.63) is 0 Å². The zero-order valence-corrected chi connectivity index (χ0v) is 8.26. The molecule has 1 saturated heterocycles. The van der Waals surface area contributed by atoms with E-state index in [2.05, 4.69) is 0 Å². The van der Waals surface area contributed by atoms with Crippen molar-refractivity contribution in [2.75, 3.05) is 6.61 Å². The predicted octanol–water partition coefficient (Wildman–Crippen LogP) is 2.56. The van der Waals surface area contributed by atoms with Crippen LogP contribution in [0.2, 0.25) is 0 Å². The van der Waals surface area contributed by atoms with E-state index in [-0.39, 0.29) is 0 Å². The van der Waals surface area contributed by atoms with Gasteiger partial charge in [0, 0.05) is 6.61 Å². The molecule has 0 aromatic heterocycles. The number of aliphatic hydroxyl groups excluding tert-OH is 1. The summed E-state index contributed by atoms with van der Waals surface area (Å²) in [5.74, 6) is 0. The summed E-state index contributed by atoms with van der Waals surface area (Å²) in [6.07, 6.45) is 2.58. The van der Waals surface area contributed by atoms with Crippen molar-refractivity contribution in [1.82, 2.24) is 0 Å². The molecule has 11 heavy (non-hydrogen) atoms. The maximum atomic E-state index is 8.69. The number of ether oxygens (including phenoxy) is 1. The standard InChI is InChI=1S/C5H10O2.2C2H6/c6-5-3-1-2-4-7-5;2*1-2/h5-6H,1-4H2;2*1-2H3/t5-;;/m1../s1. The molecule has 1 aliphatic rings. The van der Waals surface area contributed by atoms with Crippen LogP contribution in [0.4, 0.5) is 0 Å². The molecule has 0 aromatic rings. The van der Waals surface area contributed by atoms with E-state index in [1.807, 2.05) is 27.7 Å². The second-order valence-corrected chi connectivity index (χ2v) is 1.82. The third-order valence-electron chi connectivity index (χ3n) is 1.16. The van der Waals surface area contributed by atoms with Gasteiger partial charge < -0.3 is 9.84 Å². The van der Waals surface area contributed by atoms with E-state index < -0.39 is 6.29 Å². The summed E-state index contributed by atoms with van der Waals surface area (Å²) in [6.45, 7) is 8.74. The molecule has 1 rings (SSSR count). The van der Waals surface area contributed by atoms with E-state index in [1.165, 1.54) is 0 Å².